The molecule has 0 aromatic heterocycles. The zero-order valence-corrected chi connectivity index (χ0v) is 9.40. The molecule has 0 aliphatic rings. The summed E-state index contributed by atoms with van der Waals surface area (Å²) in [5.41, 5.74) is 0.681. The van der Waals surface area contributed by atoms with E-state index in [2.05, 4.69) is 26.6 Å². The first kappa shape index (κ1) is 10.9. The second-order valence-corrected chi connectivity index (χ2v) is 9.93. The maximum atomic E-state index is 10.9. The first-order chi connectivity index (χ1) is 4.88. The zero-order valence-electron chi connectivity index (χ0n) is 8.40. The fourth-order valence-corrected chi connectivity index (χ4v) is 3.53. The maximum Gasteiger partial charge on any atom is 0.129 e. The van der Waals surface area contributed by atoms with Gasteiger partial charge in [-0.1, -0.05) is 33.0 Å². The van der Waals surface area contributed by atoms with Crippen molar-refractivity contribution in [2.45, 2.75) is 51.9 Å². The molecule has 0 spiro atoms. The second-order valence-electron chi connectivity index (χ2n) is 4.38. The lowest BCUT2D eigenvalue weighted by atomic mass is 10.2. The van der Waals surface area contributed by atoms with Crippen LogP contribution in [0.3, 0.4) is 0 Å². The predicted molar refractivity (Wildman–Crippen MR) is 52.7 cm³/mol. The fraction of sp³-hybridized carbons (Fsp3) is 0.889. The van der Waals surface area contributed by atoms with Gasteiger partial charge in [-0.2, -0.15) is 0 Å². The van der Waals surface area contributed by atoms with E-state index in [1.54, 1.807) is 6.92 Å². The summed E-state index contributed by atoms with van der Waals surface area (Å²) in [5, 5.41) is 0. The molecule has 0 aliphatic heterocycles. The van der Waals surface area contributed by atoms with Crippen molar-refractivity contribution in [2.75, 3.05) is 0 Å². The smallest absolute Gasteiger partial charge is 0.129 e. The summed E-state index contributed by atoms with van der Waals surface area (Å²) in [6.07, 6.45) is 1.96. The van der Waals surface area contributed by atoms with Crippen molar-refractivity contribution in [1.82, 2.24) is 0 Å². The third-order valence-corrected chi connectivity index (χ3v) is 5.31. The molecule has 0 saturated carbocycles. The van der Waals surface area contributed by atoms with E-state index in [9.17, 15) is 4.79 Å². The summed E-state index contributed by atoms with van der Waals surface area (Å²) in [6, 6.07) is 0. The zero-order chi connectivity index (χ0) is 9.07. The summed E-state index contributed by atoms with van der Waals surface area (Å²) in [5.74, 6) is 0.347. The molecule has 0 amide bonds. The van der Waals surface area contributed by atoms with Gasteiger partial charge in [0.2, 0.25) is 0 Å². The molecule has 11 heavy (non-hydrogen) atoms. The predicted octanol–water partition coefficient (Wildman–Crippen LogP) is 3.08. The SMILES string of the molecule is CC[C@@H](CC(C)=O)[Si](C)(C)C. The number of Topliss-reactive ketones (excluding diaryl/α,β-unsaturated/α-hetero) is 1. The topological polar surface area (TPSA) is 17.1 Å². The van der Waals surface area contributed by atoms with Crippen LogP contribution in [0.2, 0.25) is 25.2 Å². The first-order valence-corrected chi connectivity index (χ1v) is 7.95. The van der Waals surface area contributed by atoms with E-state index in [0.717, 1.165) is 12.8 Å². The van der Waals surface area contributed by atoms with Gasteiger partial charge in [0.1, 0.15) is 5.78 Å². The second kappa shape index (κ2) is 4.05. The number of hydrogen-bond acceptors (Lipinski definition) is 1. The van der Waals surface area contributed by atoms with Crippen LogP contribution < -0.4 is 0 Å². The van der Waals surface area contributed by atoms with Gasteiger partial charge in [-0.25, -0.2) is 0 Å². The van der Waals surface area contributed by atoms with E-state index < -0.39 is 8.07 Å². The van der Waals surface area contributed by atoms with Crippen molar-refractivity contribution >= 4 is 13.9 Å². The largest absolute Gasteiger partial charge is 0.300 e. The van der Waals surface area contributed by atoms with Crippen LogP contribution in [0, 0.1) is 0 Å². The Hall–Kier alpha value is -0.113. The lowest BCUT2D eigenvalue weighted by Gasteiger charge is -2.26. The van der Waals surface area contributed by atoms with Crippen LogP contribution in [0.4, 0.5) is 0 Å². The molecule has 0 bridgehead atoms. The molecule has 0 rings (SSSR count). The van der Waals surface area contributed by atoms with Gasteiger partial charge in [-0.05, 0) is 12.5 Å². The molecule has 2 heteroatoms. The molecule has 66 valence electrons. The van der Waals surface area contributed by atoms with E-state index in [-0.39, 0.29) is 0 Å². The normalized spacial score (nSPS) is 14.6. The van der Waals surface area contributed by atoms with Crippen molar-refractivity contribution in [3.8, 4) is 0 Å². The Labute approximate surface area is 71.2 Å². The minimum atomic E-state index is -1.07. The van der Waals surface area contributed by atoms with Crippen molar-refractivity contribution in [3.05, 3.63) is 0 Å². The Balaban J connectivity index is 4.07. The van der Waals surface area contributed by atoms with Crippen LogP contribution in [-0.4, -0.2) is 13.9 Å². The Morgan fingerprint density at radius 1 is 1.36 bits per heavy atom. The summed E-state index contributed by atoms with van der Waals surface area (Å²) in [7, 11) is -1.07. The molecule has 0 heterocycles. The highest BCUT2D eigenvalue weighted by atomic mass is 28.3. The number of carbonyl (C=O) groups excluding carboxylic acids is 1. The minimum absolute atomic E-state index is 0.347. The average molecular weight is 172 g/mol. The third kappa shape index (κ3) is 4.35. The van der Waals surface area contributed by atoms with Crippen LogP contribution in [-0.2, 0) is 4.79 Å². The highest BCUT2D eigenvalue weighted by Crippen LogP contribution is 2.28. The van der Waals surface area contributed by atoms with Crippen LogP contribution in [0.15, 0.2) is 0 Å². The van der Waals surface area contributed by atoms with E-state index in [1.807, 2.05) is 0 Å². The summed E-state index contributed by atoms with van der Waals surface area (Å²) in [6.45, 7) is 10.9. The lowest BCUT2D eigenvalue weighted by Crippen LogP contribution is -2.29. The molecule has 0 aliphatic carbocycles. The van der Waals surface area contributed by atoms with Gasteiger partial charge >= 0.3 is 0 Å². The van der Waals surface area contributed by atoms with Gasteiger partial charge in [0.25, 0.3) is 0 Å². The fourth-order valence-electron chi connectivity index (χ4n) is 1.41. The van der Waals surface area contributed by atoms with Crippen molar-refractivity contribution in [1.29, 1.82) is 0 Å². The van der Waals surface area contributed by atoms with Crippen LogP contribution in [0.25, 0.3) is 0 Å². The maximum absolute atomic E-state index is 10.9. The van der Waals surface area contributed by atoms with E-state index in [4.69, 9.17) is 0 Å². The number of ketones is 1. The third-order valence-electron chi connectivity index (χ3n) is 2.25. The van der Waals surface area contributed by atoms with Gasteiger partial charge in [0, 0.05) is 14.5 Å². The Bertz CT molecular complexity index is 135. The number of rotatable bonds is 4. The molecule has 0 fully saturated rings. The van der Waals surface area contributed by atoms with Crippen LogP contribution >= 0.6 is 0 Å². The van der Waals surface area contributed by atoms with Gasteiger partial charge in [-0.3, -0.25) is 0 Å². The molecule has 0 radical (unpaired) electrons. The summed E-state index contributed by atoms with van der Waals surface area (Å²) >= 11 is 0. The van der Waals surface area contributed by atoms with Gasteiger partial charge in [0.05, 0.1) is 0 Å². The van der Waals surface area contributed by atoms with Gasteiger partial charge < -0.3 is 4.79 Å². The monoisotopic (exact) mass is 172 g/mol. The summed E-state index contributed by atoms with van der Waals surface area (Å²) < 4.78 is 0. The van der Waals surface area contributed by atoms with Crippen LogP contribution in [0.1, 0.15) is 26.7 Å². The molecule has 0 aromatic rings. The van der Waals surface area contributed by atoms with Gasteiger partial charge in [-0.15, -0.1) is 0 Å². The molecule has 0 unspecified atom stereocenters. The van der Waals surface area contributed by atoms with E-state index in [1.165, 1.54) is 0 Å². The average Bonchev–Trinajstić information content (AvgIpc) is 1.79. The molecule has 0 saturated heterocycles. The number of carbonyl (C=O) groups is 1. The Morgan fingerprint density at radius 3 is 1.91 bits per heavy atom. The Kier molecular flexibility index (Phi) is 4.01. The molecule has 1 atom stereocenters. The van der Waals surface area contributed by atoms with Crippen molar-refractivity contribution in [3.63, 3.8) is 0 Å². The quantitative estimate of drug-likeness (QED) is 0.596. The Morgan fingerprint density at radius 2 is 1.82 bits per heavy atom. The van der Waals surface area contributed by atoms with E-state index in [0.29, 0.717) is 11.3 Å². The van der Waals surface area contributed by atoms with Crippen LogP contribution in [0.5, 0.6) is 0 Å². The highest BCUT2D eigenvalue weighted by molar-refractivity contribution is 6.77. The molecular formula is C9H20OSi. The van der Waals surface area contributed by atoms with Crippen molar-refractivity contribution < 1.29 is 4.79 Å². The molecule has 0 N–H and O–H groups in total. The highest BCUT2D eigenvalue weighted by Gasteiger charge is 2.25. The molecule has 1 nitrogen and oxygen atoms in total. The standard InChI is InChI=1S/C9H20OSi/c1-6-9(7-8(2)10)11(3,4)5/h9H,6-7H2,1-5H3/t9-/m0/s1. The first-order valence-electron chi connectivity index (χ1n) is 4.37. The summed E-state index contributed by atoms with van der Waals surface area (Å²) in [4.78, 5) is 10.9. The van der Waals surface area contributed by atoms with Crippen molar-refractivity contribution in [2.24, 2.45) is 0 Å². The number of hydrogen-bond donors (Lipinski definition) is 0. The van der Waals surface area contributed by atoms with Gasteiger partial charge in [0.15, 0.2) is 0 Å². The molecular weight excluding hydrogens is 152 g/mol. The lowest BCUT2D eigenvalue weighted by molar-refractivity contribution is -0.117. The molecule has 0 aromatic carbocycles. The minimum Gasteiger partial charge on any atom is -0.300 e. The van der Waals surface area contributed by atoms with E-state index >= 15 is 0 Å².